The molecule has 0 fully saturated rings. The van der Waals surface area contributed by atoms with Crippen LogP contribution < -0.4 is 5.32 Å². The van der Waals surface area contributed by atoms with Crippen LogP contribution in [0.2, 0.25) is 0 Å². The van der Waals surface area contributed by atoms with Gasteiger partial charge in [-0.25, -0.2) is 0 Å². The molecular weight excluding hydrogens is 312 g/mol. The van der Waals surface area contributed by atoms with Gasteiger partial charge in [0.2, 0.25) is 0 Å². The van der Waals surface area contributed by atoms with Crippen molar-refractivity contribution in [1.82, 2.24) is 19.9 Å². The van der Waals surface area contributed by atoms with E-state index in [0.717, 1.165) is 48.6 Å². The van der Waals surface area contributed by atoms with Gasteiger partial charge in [-0.15, -0.1) is 10.2 Å². The lowest BCUT2D eigenvalue weighted by Crippen LogP contribution is -2.15. The van der Waals surface area contributed by atoms with Crippen LogP contribution in [0.5, 0.6) is 0 Å². The van der Waals surface area contributed by atoms with Crippen molar-refractivity contribution in [3.05, 3.63) is 65.8 Å². The number of fused-ring (bicyclic) bond motifs is 2. The first-order valence-corrected chi connectivity index (χ1v) is 8.85. The number of nitrogens with one attached hydrogen (secondary N) is 1. The molecule has 128 valence electrons. The highest BCUT2D eigenvalue weighted by Gasteiger charge is 2.13. The molecule has 0 saturated carbocycles. The maximum atomic E-state index is 6.09. The van der Waals surface area contributed by atoms with Gasteiger partial charge >= 0.3 is 0 Å². The average Bonchev–Trinajstić information content (AvgIpc) is 3.22. The Morgan fingerprint density at radius 2 is 1.92 bits per heavy atom. The van der Waals surface area contributed by atoms with Crippen LogP contribution in [0, 0.1) is 0 Å². The minimum atomic E-state index is 0.665. The van der Waals surface area contributed by atoms with Crippen molar-refractivity contribution in [2.24, 2.45) is 0 Å². The predicted molar refractivity (Wildman–Crippen MR) is 98.4 cm³/mol. The van der Waals surface area contributed by atoms with Crippen LogP contribution in [0.25, 0.3) is 16.6 Å². The lowest BCUT2D eigenvalue weighted by Gasteiger charge is -2.05. The SMILES string of the molecule is CCCCc1oc2ccccc2c1CNCc1nnc2ccccn12. The lowest BCUT2D eigenvalue weighted by atomic mass is 10.1. The maximum absolute atomic E-state index is 6.09. The zero-order valence-electron chi connectivity index (χ0n) is 14.4. The average molecular weight is 334 g/mol. The second kappa shape index (κ2) is 7.07. The number of aryl methyl sites for hydroxylation is 1. The summed E-state index contributed by atoms with van der Waals surface area (Å²) in [6, 6.07) is 14.2. The van der Waals surface area contributed by atoms with Crippen LogP contribution in [-0.2, 0) is 19.5 Å². The first kappa shape index (κ1) is 15.8. The number of hydrogen-bond donors (Lipinski definition) is 1. The molecular formula is C20H22N4O. The molecule has 25 heavy (non-hydrogen) atoms. The van der Waals surface area contributed by atoms with Gasteiger partial charge in [0.15, 0.2) is 11.5 Å². The highest BCUT2D eigenvalue weighted by Crippen LogP contribution is 2.27. The topological polar surface area (TPSA) is 55.4 Å². The van der Waals surface area contributed by atoms with Gasteiger partial charge in [0, 0.05) is 30.1 Å². The third kappa shape index (κ3) is 3.15. The lowest BCUT2D eigenvalue weighted by molar-refractivity contribution is 0.523. The Bertz CT molecular complexity index is 986. The fraction of sp³-hybridized carbons (Fsp3) is 0.300. The van der Waals surface area contributed by atoms with E-state index >= 15 is 0 Å². The van der Waals surface area contributed by atoms with E-state index in [4.69, 9.17) is 4.42 Å². The Hall–Kier alpha value is -2.66. The molecule has 3 heterocycles. The van der Waals surface area contributed by atoms with E-state index < -0.39 is 0 Å². The quantitative estimate of drug-likeness (QED) is 0.553. The zero-order chi connectivity index (χ0) is 17.1. The first-order chi connectivity index (χ1) is 12.4. The molecule has 0 atom stereocenters. The second-order valence-electron chi connectivity index (χ2n) is 6.25. The van der Waals surface area contributed by atoms with Gasteiger partial charge in [-0.3, -0.25) is 4.40 Å². The Morgan fingerprint density at radius 3 is 2.84 bits per heavy atom. The van der Waals surface area contributed by atoms with E-state index in [1.807, 2.05) is 40.9 Å². The maximum Gasteiger partial charge on any atom is 0.160 e. The molecule has 1 aromatic carbocycles. The normalized spacial score (nSPS) is 11.6. The zero-order valence-corrected chi connectivity index (χ0v) is 14.4. The molecule has 0 aliphatic carbocycles. The number of unbranched alkanes of at least 4 members (excludes halogenated alkanes) is 1. The molecule has 4 rings (SSSR count). The Balaban J connectivity index is 1.53. The number of furan rings is 1. The standard InChI is InChI=1S/C20H22N4O/c1-2-3-9-18-16(15-8-4-5-10-17(15)25-18)13-21-14-20-23-22-19-11-6-7-12-24(19)20/h4-8,10-12,21H,2-3,9,13-14H2,1H3. The predicted octanol–water partition coefficient (Wildman–Crippen LogP) is 4.11. The molecule has 0 bridgehead atoms. The van der Waals surface area contributed by atoms with Crippen LogP contribution in [-0.4, -0.2) is 14.6 Å². The van der Waals surface area contributed by atoms with Crippen LogP contribution in [0.1, 0.15) is 36.9 Å². The summed E-state index contributed by atoms with van der Waals surface area (Å²) in [6.07, 6.45) is 5.28. The van der Waals surface area contributed by atoms with Crippen molar-refractivity contribution < 1.29 is 4.42 Å². The van der Waals surface area contributed by atoms with Gasteiger partial charge in [-0.1, -0.05) is 37.6 Å². The number of pyridine rings is 1. The summed E-state index contributed by atoms with van der Waals surface area (Å²) in [7, 11) is 0. The Kier molecular flexibility index (Phi) is 4.48. The molecule has 0 amide bonds. The number of rotatable bonds is 7. The summed E-state index contributed by atoms with van der Waals surface area (Å²) in [5.74, 6) is 2.01. The third-order valence-electron chi connectivity index (χ3n) is 4.51. The number of benzene rings is 1. The highest BCUT2D eigenvalue weighted by molar-refractivity contribution is 5.82. The number of aromatic nitrogens is 3. The summed E-state index contributed by atoms with van der Waals surface area (Å²) in [5.41, 5.74) is 3.10. The van der Waals surface area contributed by atoms with Crippen molar-refractivity contribution >= 4 is 16.6 Å². The fourth-order valence-electron chi connectivity index (χ4n) is 3.19. The number of nitrogens with zero attached hydrogens (tertiary/aromatic N) is 3. The van der Waals surface area contributed by atoms with Gasteiger partial charge in [-0.2, -0.15) is 0 Å². The molecule has 0 saturated heterocycles. The summed E-state index contributed by atoms with van der Waals surface area (Å²) < 4.78 is 8.10. The molecule has 4 aromatic rings. The van der Waals surface area contributed by atoms with Gasteiger partial charge in [-0.05, 0) is 24.6 Å². The Morgan fingerprint density at radius 1 is 1.04 bits per heavy atom. The van der Waals surface area contributed by atoms with Crippen LogP contribution >= 0.6 is 0 Å². The monoisotopic (exact) mass is 334 g/mol. The molecule has 5 heteroatoms. The highest BCUT2D eigenvalue weighted by atomic mass is 16.3. The van der Waals surface area contributed by atoms with Crippen molar-refractivity contribution in [2.75, 3.05) is 0 Å². The van der Waals surface area contributed by atoms with Gasteiger partial charge in [0.25, 0.3) is 0 Å². The second-order valence-corrected chi connectivity index (χ2v) is 6.25. The fourth-order valence-corrected chi connectivity index (χ4v) is 3.19. The summed E-state index contributed by atoms with van der Waals surface area (Å²) >= 11 is 0. The third-order valence-corrected chi connectivity index (χ3v) is 4.51. The number of hydrogen-bond acceptors (Lipinski definition) is 4. The minimum absolute atomic E-state index is 0.665. The summed E-state index contributed by atoms with van der Waals surface area (Å²) in [6.45, 7) is 3.63. The van der Waals surface area contributed by atoms with Crippen LogP contribution in [0.15, 0.2) is 53.1 Å². The minimum Gasteiger partial charge on any atom is -0.461 e. The molecule has 0 radical (unpaired) electrons. The van der Waals surface area contributed by atoms with Gasteiger partial charge in [0.05, 0.1) is 6.54 Å². The molecule has 0 spiro atoms. The van der Waals surface area contributed by atoms with Crippen LogP contribution in [0.4, 0.5) is 0 Å². The van der Waals surface area contributed by atoms with E-state index in [1.54, 1.807) is 0 Å². The van der Waals surface area contributed by atoms with Crippen LogP contribution in [0.3, 0.4) is 0 Å². The molecule has 0 aliphatic rings. The van der Waals surface area contributed by atoms with E-state index in [-0.39, 0.29) is 0 Å². The smallest absolute Gasteiger partial charge is 0.160 e. The van der Waals surface area contributed by atoms with E-state index in [0.29, 0.717) is 6.54 Å². The van der Waals surface area contributed by atoms with E-state index in [1.165, 1.54) is 10.9 Å². The van der Waals surface area contributed by atoms with Crippen molar-refractivity contribution in [2.45, 2.75) is 39.3 Å². The Labute approximate surface area is 146 Å². The molecule has 0 unspecified atom stereocenters. The summed E-state index contributed by atoms with van der Waals surface area (Å²) in [4.78, 5) is 0. The first-order valence-electron chi connectivity index (χ1n) is 8.85. The van der Waals surface area contributed by atoms with E-state index in [9.17, 15) is 0 Å². The van der Waals surface area contributed by atoms with Crippen molar-refractivity contribution in [3.63, 3.8) is 0 Å². The molecule has 1 N–H and O–H groups in total. The molecule has 0 aliphatic heterocycles. The number of para-hydroxylation sites is 1. The molecule has 5 nitrogen and oxygen atoms in total. The van der Waals surface area contributed by atoms with Crippen molar-refractivity contribution in [1.29, 1.82) is 0 Å². The largest absolute Gasteiger partial charge is 0.461 e. The van der Waals surface area contributed by atoms with E-state index in [2.05, 4.69) is 34.6 Å². The van der Waals surface area contributed by atoms with Gasteiger partial charge in [0.1, 0.15) is 11.3 Å². The molecule has 3 aromatic heterocycles. The van der Waals surface area contributed by atoms with Crippen molar-refractivity contribution in [3.8, 4) is 0 Å². The summed E-state index contributed by atoms with van der Waals surface area (Å²) in [5, 5.41) is 13.2. The van der Waals surface area contributed by atoms with Gasteiger partial charge < -0.3 is 9.73 Å².